The highest BCUT2D eigenvalue weighted by atomic mass is 16.5. The van der Waals surface area contributed by atoms with Gasteiger partial charge in [-0.2, -0.15) is 0 Å². The highest BCUT2D eigenvalue weighted by Gasteiger charge is 2.03. The molecule has 0 spiro atoms. The van der Waals surface area contributed by atoms with E-state index in [9.17, 15) is 4.79 Å². The quantitative estimate of drug-likeness (QED) is 0.836. The third-order valence-electron chi connectivity index (χ3n) is 2.38. The Kier molecular flexibility index (Phi) is 4.29. The van der Waals surface area contributed by atoms with Crippen LogP contribution in [-0.4, -0.2) is 23.9 Å². The number of hydrogen-bond acceptors (Lipinski definition) is 3. The van der Waals surface area contributed by atoms with Crippen LogP contribution in [0, 0.1) is 0 Å². The summed E-state index contributed by atoms with van der Waals surface area (Å²) in [5, 5.41) is 8.61. The summed E-state index contributed by atoms with van der Waals surface area (Å²) in [4.78, 5) is 14.8. The van der Waals surface area contributed by atoms with Gasteiger partial charge in [-0.1, -0.05) is 30.3 Å². The predicted molar refractivity (Wildman–Crippen MR) is 73.3 cm³/mol. The lowest BCUT2D eigenvalue weighted by atomic mass is 10.2. The number of para-hydroxylation sites is 2. The first-order chi connectivity index (χ1) is 9.25. The molecule has 0 aromatic heterocycles. The number of carboxylic acids is 1. The second-order valence-corrected chi connectivity index (χ2v) is 3.81. The number of ether oxygens (including phenoxy) is 1. The van der Waals surface area contributed by atoms with Crippen LogP contribution < -0.4 is 4.74 Å². The van der Waals surface area contributed by atoms with Gasteiger partial charge in [-0.05, 0) is 24.3 Å². The minimum absolute atomic E-state index is 0.365. The van der Waals surface area contributed by atoms with Gasteiger partial charge < -0.3 is 9.84 Å². The maximum absolute atomic E-state index is 10.5. The smallest absolute Gasteiger partial charge is 0.341 e. The van der Waals surface area contributed by atoms with Crippen LogP contribution in [0.15, 0.2) is 59.6 Å². The second kappa shape index (κ2) is 6.35. The largest absolute Gasteiger partial charge is 0.481 e. The summed E-state index contributed by atoms with van der Waals surface area (Å²) in [5.74, 6) is -0.501. The zero-order valence-electron chi connectivity index (χ0n) is 10.2. The minimum Gasteiger partial charge on any atom is -0.481 e. The fourth-order valence-corrected chi connectivity index (χ4v) is 1.52. The lowest BCUT2D eigenvalue weighted by Gasteiger charge is -2.06. The van der Waals surface area contributed by atoms with Gasteiger partial charge in [0.15, 0.2) is 6.61 Å². The van der Waals surface area contributed by atoms with Crippen LogP contribution >= 0.6 is 0 Å². The second-order valence-electron chi connectivity index (χ2n) is 3.81. The summed E-state index contributed by atoms with van der Waals surface area (Å²) in [6.07, 6.45) is 1.66. The highest BCUT2D eigenvalue weighted by Crippen LogP contribution is 2.17. The Morgan fingerprint density at radius 3 is 2.53 bits per heavy atom. The SMILES string of the molecule is O=C(O)COc1ccccc1C=Nc1ccccc1. The van der Waals surface area contributed by atoms with E-state index < -0.39 is 5.97 Å². The topological polar surface area (TPSA) is 58.9 Å². The number of benzene rings is 2. The van der Waals surface area contributed by atoms with Crippen LogP contribution in [0.3, 0.4) is 0 Å². The van der Waals surface area contributed by atoms with E-state index in [1.54, 1.807) is 18.3 Å². The summed E-state index contributed by atoms with van der Waals surface area (Å²) in [5.41, 5.74) is 1.57. The number of aliphatic imine (C=N–C) groups is 1. The third kappa shape index (κ3) is 3.96. The Morgan fingerprint density at radius 1 is 1.11 bits per heavy atom. The van der Waals surface area contributed by atoms with Gasteiger partial charge in [0.2, 0.25) is 0 Å². The van der Waals surface area contributed by atoms with Crippen molar-refractivity contribution in [1.82, 2.24) is 0 Å². The van der Waals surface area contributed by atoms with Crippen LogP contribution in [0.25, 0.3) is 0 Å². The molecule has 4 nitrogen and oxygen atoms in total. The molecule has 2 aromatic carbocycles. The summed E-state index contributed by atoms with van der Waals surface area (Å²) < 4.78 is 5.20. The first-order valence-corrected chi connectivity index (χ1v) is 5.78. The molecule has 0 atom stereocenters. The van der Waals surface area contributed by atoms with Crippen molar-refractivity contribution in [3.63, 3.8) is 0 Å². The maximum atomic E-state index is 10.5. The molecule has 1 N–H and O–H groups in total. The summed E-state index contributed by atoms with van der Waals surface area (Å²) >= 11 is 0. The molecule has 0 fully saturated rings. The molecule has 2 aromatic rings. The monoisotopic (exact) mass is 255 g/mol. The molecule has 0 bridgehead atoms. The number of carbonyl (C=O) groups is 1. The fraction of sp³-hybridized carbons (Fsp3) is 0.0667. The van der Waals surface area contributed by atoms with E-state index >= 15 is 0 Å². The van der Waals surface area contributed by atoms with Crippen molar-refractivity contribution in [3.05, 3.63) is 60.2 Å². The van der Waals surface area contributed by atoms with Crippen LogP contribution in [0.2, 0.25) is 0 Å². The zero-order chi connectivity index (χ0) is 13.5. The van der Waals surface area contributed by atoms with Gasteiger partial charge in [0.1, 0.15) is 5.75 Å². The van der Waals surface area contributed by atoms with Crippen LogP contribution in [0.1, 0.15) is 5.56 Å². The fourth-order valence-electron chi connectivity index (χ4n) is 1.52. The Bertz CT molecular complexity index is 579. The molecule has 0 aliphatic heterocycles. The highest BCUT2D eigenvalue weighted by molar-refractivity contribution is 5.85. The van der Waals surface area contributed by atoms with Crippen molar-refractivity contribution in [2.45, 2.75) is 0 Å². The van der Waals surface area contributed by atoms with Gasteiger partial charge >= 0.3 is 5.97 Å². The molecule has 0 aliphatic carbocycles. The van der Waals surface area contributed by atoms with Crippen LogP contribution in [0.5, 0.6) is 5.75 Å². The van der Waals surface area contributed by atoms with E-state index in [-0.39, 0.29) is 6.61 Å². The molecular weight excluding hydrogens is 242 g/mol. The first-order valence-electron chi connectivity index (χ1n) is 5.78. The van der Waals surface area contributed by atoms with Gasteiger partial charge in [-0.15, -0.1) is 0 Å². The standard InChI is InChI=1S/C15H13NO3/c17-15(18)11-19-14-9-5-4-6-12(14)10-16-13-7-2-1-3-8-13/h1-10H,11H2,(H,17,18). The van der Waals surface area contributed by atoms with Crippen LogP contribution in [-0.2, 0) is 4.79 Å². The molecular formula is C15H13NO3. The number of hydrogen-bond donors (Lipinski definition) is 1. The molecule has 4 heteroatoms. The molecule has 0 saturated carbocycles. The molecule has 0 heterocycles. The average molecular weight is 255 g/mol. The van der Waals surface area contributed by atoms with E-state index in [0.717, 1.165) is 11.3 Å². The third-order valence-corrected chi connectivity index (χ3v) is 2.38. The number of aliphatic carboxylic acids is 1. The molecule has 0 unspecified atom stereocenters. The normalized spacial score (nSPS) is 10.5. The van der Waals surface area contributed by atoms with Gasteiger partial charge in [-0.25, -0.2) is 4.79 Å². The van der Waals surface area contributed by atoms with Crippen molar-refractivity contribution < 1.29 is 14.6 Å². The zero-order valence-corrected chi connectivity index (χ0v) is 10.2. The van der Waals surface area contributed by atoms with Crippen molar-refractivity contribution in [2.75, 3.05) is 6.61 Å². The van der Waals surface area contributed by atoms with Crippen molar-refractivity contribution in [1.29, 1.82) is 0 Å². The Labute approximate surface area is 111 Å². The van der Waals surface area contributed by atoms with Gasteiger partial charge in [0.05, 0.1) is 5.69 Å². The molecule has 0 saturated heterocycles. The lowest BCUT2D eigenvalue weighted by Crippen LogP contribution is -2.10. The lowest BCUT2D eigenvalue weighted by molar-refractivity contribution is -0.139. The average Bonchev–Trinajstić information content (AvgIpc) is 2.45. The number of carboxylic acid groups (broad SMARTS) is 1. The van der Waals surface area contributed by atoms with E-state index in [1.807, 2.05) is 42.5 Å². The first kappa shape index (κ1) is 12.8. The summed E-state index contributed by atoms with van der Waals surface area (Å²) in [6, 6.07) is 16.7. The summed E-state index contributed by atoms with van der Waals surface area (Å²) in [6.45, 7) is -0.365. The van der Waals surface area contributed by atoms with E-state index in [4.69, 9.17) is 9.84 Å². The Hall–Kier alpha value is -2.62. The summed E-state index contributed by atoms with van der Waals surface area (Å²) in [7, 11) is 0. The Morgan fingerprint density at radius 2 is 1.79 bits per heavy atom. The van der Waals surface area contributed by atoms with Crippen molar-refractivity contribution in [3.8, 4) is 5.75 Å². The van der Waals surface area contributed by atoms with Gasteiger partial charge in [-0.3, -0.25) is 4.99 Å². The number of nitrogens with zero attached hydrogens (tertiary/aromatic N) is 1. The number of rotatable bonds is 5. The van der Waals surface area contributed by atoms with Gasteiger partial charge in [0.25, 0.3) is 0 Å². The predicted octanol–water partition coefficient (Wildman–Crippen LogP) is 2.90. The Balaban J connectivity index is 2.16. The van der Waals surface area contributed by atoms with Crippen molar-refractivity contribution in [2.24, 2.45) is 4.99 Å². The molecule has 2 rings (SSSR count). The molecule has 0 amide bonds. The van der Waals surface area contributed by atoms with E-state index in [0.29, 0.717) is 5.75 Å². The van der Waals surface area contributed by atoms with Crippen LogP contribution in [0.4, 0.5) is 5.69 Å². The van der Waals surface area contributed by atoms with Crippen molar-refractivity contribution >= 4 is 17.9 Å². The molecule has 0 aliphatic rings. The maximum Gasteiger partial charge on any atom is 0.341 e. The minimum atomic E-state index is -1.00. The molecule has 19 heavy (non-hydrogen) atoms. The van der Waals surface area contributed by atoms with E-state index in [2.05, 4.69) is 4.99 Å². The van der Waals surface area contributed by atoms with E-state index in [1.165, 1.54) is 0 Å². The van der Waals surface area contributed by atoms with Gasteiger partial charge in [0, 0.05) is 11.8 Å². The molecule has 96 valence electrons. The molecule has 0 radical (unpaired) electrons.